The number of nitrogens with one attached hydrogen (secondary N) is 1. The van der Waals surface area contributed by atoms with Gasteiger partial charge in [-0.3, -0.25) is 0 Å². The van der Waals surface area contributed by atoms with Crippen LogP contribution in [-0.2, 0) is 0 Å². The molecule has 0 radical (unpaired) electrons. The molecular weight excluding hydrogens is 267 g/mol. The van der Waals surface area contributed by atoms with Gasteiger partial charge >= 0.3 is 0 Å². The lowest BCUT2D eigenvalue weighted by Gasteiger charge is -2.33. The maximum absolute atomic E-state index is 13.7. The van der Waals surface area contributed by atoms with Crippen LogP contribution in [0.3, 0.4) is 0 Å². The number of aromatic nitrogens is 1. The van der Waals surface area contributed by atoms with Crippen molar-refractivity contribution in [1.82, 2.24) is 4.98 Å². The SMILES string of the molecule is NC(=NC1CC(c2ccccc2F)C1)Nc1ccccn1. The van der Waals surface area contributed by atoms with E-state index in [9.17, 15) is 4.39 Å². The summed E-state index contributed by atoms with van der Waals surface area (Å²) in [4.78, 5) is 8.53. The zero-order valence-electron chi connectivity index (χ0n) is 11.5. The Hall–Kier alpha value is -2.43. The van der Waals surface area contributed by atoms with Crippen LogP contribution in [-0.4, -0.2) is 17.0 Å². The molecule has 1 aromatic heterocycles. The van der Waals surface area contributed by atoms with E-state index in [2.05, 4.69) is 15.3 Å². The Morgan fingerprint density at radius 2 is 1.95 bits per heavy atom. The van der Waals surface area contributed by atoms with Gasteiger partial charge in [0.2, 0.25) is 0 Å². The molecule has 0 unspecified atom stereocenters. The normalized spacial score (nSPS) is 21.7. The molecule has 108 valence electrons. The van der Waals surface area contributed by atoms with E-state index in [0.717, 1.165) is 18.4 Å². The highest BCUT2D eigenvalue weighted by atomic mass is 19.1. The fourth-order valence-electron chi connectivity index (χ4n) is 2.55. The van der Waals surface area contributed by atoms with Crippen LogP contribution < -0.4 is 11.1 Å². The summed E-state index contributed by atoms with van der Waals surface area (Å²) in [5.74, 6) is 1.13. The first-order chi connectivity index (χ1) is 10.2. The summed E-state index contributed by atoms with van der Waals surface area (Å²) < 4.78 is 13.7. The second-order valence-corrected chi connectivity index (χ2v) is 5.20. The molecule has 5 heteroatoms. The number of anilines is 1. The third-order valence-electron chi connectivity index (χ3n) is 3.70. The number of halogens is 1. The number of guanidine groups is 1. The van der Waals surface area contributed by atoms with Crippen molar-refractivity contribution in [1.29, 1.82) is 0 Å². The van der Waals surface area contributed by atoms with Gasteiger partial charge in [-0.2, -0.15) is 0 Å². The number of rotatable bonds is 3. The molecule has 3 N–H and O–H groups in total. The summed E-state index contributed by atoms with van der Waals surface area (Å²) in [5.41, 5.74) is 6.63. The van der Waals surface area contributed by atoms with Crippen LogP contribution in [0.2, 0.25) is 0 Å². The Morgan fingerprint density at radius 3 is 2.67 bits per heavy atom. The van der Waals surface area contributed by atoms with Crippen molar-refractivity contribution in [3.05, 3.63) is 60.0 Å². The summed E-state index contributed by atoms with van der Waals surface area (Å²) >= 11 is 0. The highest BCUT2D eigenvalue weighted by Gasteiger charge is 2.31. The van der Waals surface area contributed by atoms with Gasteiger partial charge in [-0.05, 0) is 42.5 Å². The topological polar surface area (TPSA) is 63.3 Å². The van der Waals surface area contributed by atoms with Gasteiger partial charge in [0.25, 0.3) is 0 Å². The van der Waals surface area contributed by atoms with Crippen LogP contribution in [0.15, 0.2) is 53.7 Å². The molecule has 1 saturated carbocycles. The number of nitrogens with zero attached hydrogens (tertiary/aromatic N) is 2. The third-order valence-corrected chi connectivity index (χ3v) is 3.70. The van der Waals surface area contributed by atoms with E-state index in [1.165, 1.54) is 6.07 Å². The number of nitrogens with two attached hydrogens (primary N) is 1. The van der Waals surface area contributed by atoms with E-state index < -0.39 is 0 Å². The van der Waals surface area contributed by atoms with Gasteiger partial charge in [-0.1, -0.05) is 24.3 Å². The van der Waals surface area contributed by atoms with E-state index in [0.29, 0.717) is 11.8 Å². The van der Waals surface area contributed by atoms with Crippen molar-refractivity contribution in [3.8, 4) is 0 Å². The summed E-state index contributed by atoms with van der Waals surface area (Å²) in [6.45, 7) is 0. The summed E-state index contributed by atoms with van der Waals surface area (Å²) in [6.07, 6.45) is 3.34. The molecule has 0 bridgehead atoms. The van der Waals surface area contributed by atoms with Crippen molar-refractivity contribution >= 4 is 11.8 Å². The number of aliphatic imine (C=N–C) groups is 1. The predicted molar refractivity (Wildman–Crippen MR) is 81.6 cm³/mol. The Labute approximate surface area is 122 Å². The Morgan fingerprint density at radius 1 is 1.19 bits per heavy atom. The molecular formula is C16H17FN4. The lowest BCUT2D eigenvalue weighted by molar-refractivity contribution is 0.344. The third kappa shape index (κ3) is 3.18. The van der Waals surface area contributed by atoms with Gasteiger partial charge in [-0.25, -0.2) is 14.4 Å². The van der Waals surface area contributed by atoms with Crippen LogP contribution in [0.4, 0.5) is 10.2 Å². The van der Waals surface area contributed by atoms with Gasteiger partial charge in [0.05, 0.1) is 6.04 Å². The highest BCUT2D eigenvalue weighted by Crippen LogP contribution is 2.39. The minimum absolute atomic E-state index is 0.135. The van der Waals surface area contributed by atoms with Crippen LogP contribution in [0.5, 0.6) is 0 Å². The van der Waals surface area contributed by atoms with Crippen molar-refractivity contribution in [2.75, 3.05) is 5.32 Å². The first-order valence-corrected chi connectivity index (χ1v) is 6.98. The Balaban J connectivity index is 1.57. The maximum atomic E-state index is 13.7. The molecule has 21 heavy (non-hydrogen) atoms. The molecule has 0 amide bonds. The molecule has 0 spiro atoms. The average Bonchev–Trinajstić information content (AvgIpc) is 2.45. The molecule has 4 nitrogen and oxygen atoms in total. The van der Waals surface area contributed by atoms with E-state index in [4.69, 9.17) is 5.73 Å². The second kappa shape index (κ2) is 5.91. The first-order valence-electron chi connectivity index (χ1n) is 6.98. The molecule has 1 aliphatic rings. The van der Waals surface area contributed by atoms with Gasteiger partial charge in [0.15, 0.2) is 5.96 Å². The molecule has 1 aliphatic carbocycles. The minimum Gasteiger partial charge on any atom is -0.370 e. The van der Waals surface area contributed by atoms with Gasteiger partial charge in [-0.15, -0.1) is 0 Å². The highest BCUT2D eigenvalue weighted by molar-refractivity contribution is 5.91. The van der Waals surface area contributed by atoms with E-state index in [-0.39, 0.29) is 17.8 Å². The fourth-order valence-corrected chi connectivity index (χ4v) is 2.55. The van der Waals surface area contributed by atoms with E-state index in [1.807, 2.05) is 30.3 Å². The molecule has 1 heterocycles. The van der Waals surface area contributed by atoms with Gasteiger partial charge in [0.1, 0.15) is 11.6 Å². The zero-order chi connectivity index (χ0) is 14.7. The lowest BCUT2D eigenvalue weighted by atomic mass is 9.76. The first kappa shape index (κ1) is 13.5. The molecule has 1 fully saturated rings. The average molecular weight is 284 g/mol. The standard InChI is InChI=1S/C16H17FN4/c17-14-6-2-1-5-13(14)11-9-12(10-11)20-16(18)21-15-7-3-4-8-19-15/h1-8,11-12H,9-10H2,(H3,18,19,20,21). The monoisotopic (exact) mass is 284 g/mol. The Kier molecular flexibility index (Phi) is 3.81. The molecule has 1 aromatic carbocycles. The largest absolute Gasteiger partial charge is 0.370 e. The lowest BCUT2D eigenvalue weighted by Crippen LogP contribution is -2.31. The zero-order valence-corrected chi connectivity index (χ0v) is 11.5. The van der Waals surface area contributed by atoms with Crippen LogP contribution in [0, 0.1) is 5.82 Å². The fraction of sp³-hybridized carbons (Fsp3) is 0.250. The van der Waals surface area contributed by atoms with Crippen molar-refractivity contribution in [3.63, 3.8) is 0 Å². The smallest absolute Gasteiger partial charge is 0.194 e. The van der Waals surface area contributed by atoms with Gasteiger partial charge in [0, 0.05) is 6.20 Å². The van der Waals surface area contributed by atoms with Crippen molar-refractivity contribution in [2.24, 2.45) is 10.7 Å². The number of hydrogen-bond acceptors (Lipinski definition) is 2. The maximum Gasteiger partial charge on any atom is 0.194 e. The predicted octanol–water partition coefficient (Wildman–Crippen LogP) is 2.89. The van der Waals surface area contributed by atoms with Crippen LogP contribution in [0.1, 0.15) is 24.3 Å². The van der Waals surface area contributed by atoms with E-state index in [1.54, 1.807) is 12.3 Å². The quantitative estimate of drug-likeness (QED) is 0.673. The van der Waals surface area contributed by atoms with Crippen molar-refractivity contribution in [2.45, 2.75) is 24.8 Å². The number of pyridine rings is 1. The molecule has 0 aliphatic heterocycles. The van der Waals surface area contributed by atoms with Gasteiger partial charge < -0.3 is 11.1 Å². The van der Waals surface area contributed by atoms with Crippen molar-refractivity contribution < 1.29 is 4.39 Å². The summed E-state index contributed by atoms with van der Waals surface area (Å²) in [7, 11) is 0. The molecule has 2 aromatic rings. The van der Waals surface area contributed by atoms with Crippen LogP contribution >= 0.6 is 0 Å². The number of benzene rings is 1. The molecule has 0 atom stereocenters. The van der Waals surface area contributed by atoms with Crippen LogP contribution in [0.25, 0.3) is 0 Å². The minimum atomic E-state index is -0.135. The molecule has 3 rings (SSSR count). The summed E-state index contributed by atoms with van der Waals surface area (Å²) in [5, 5.41) is 2.95. The molecule has 0 saturated heterocycles. The summed E-state index contributed by atoms with van der Waals surface area (Å²) in [6, 6.07) is 12.6. The Bertz CT molecular complexity index is 636. The number of hydrogen-bond donors (Lipinski definition) is 2. The second-order valence-electron chi connectivity index (χ2n) is 5.20. The van der Waals surface area contributed by atoms with E-state index >= 15 is 0 Å².